The van der Waals surface area contributed by atoms with Crippen molar-refractivity contribution < 1.29 is 20.1 Å². The van der Waals surface area contributed by atoms with Gasteiger partial charge < -0.3 is 20.6 Å². The molecule has 5 heteroatoms. The Morgan fingerprint density at radius 2 is 0.843 bits per heavy atom. The van der Waals surface area contributed by atoms with E-state index >= 15 is 0 Å². The summed E-state index contributed by atoms with van der Waals surface area (Å²) >= 11 is 0. The SMILES string of the molecule is CCCCC/C=C\C/C=C\CCCCCCCCC(O)C(=O)NC(CO)C(O)/C=C/CCCCCCCCCCCCCCCCCCCCC. The van der Waals surface area contributed by atoms with Gasteiger partial charge >= 0.3 is 0 Å². The zero-order valence-corrected chi connectivity index (χ0v) is 34.0. The predicted molar refractivity (Wildman–Crippen MR) is 222 cm³/mol. The maximum atomic E-state index is 12.5. The van der Waals surface area contributed by atoms with Crippen LogP contribution < -0.4 is 5.32 Å². The Balaban J connectivity index is 3.68. The highest BCUT2D eigenvalue weighted by Crippen LogP contribution is 2.15. The number of aliphatic hydroxyl groups excluding tert-OH is 3. The van der Waals surface area contributed by atoms with Gasteiger partial charge in [0, 0.05) is 0 Å². The lowest BCUT2D eigenvalue weighted by atomic mass is 10.0. The lowest BCUT2D eigenvalue weighted by molar-refractivity contribution is -0.131. The average Bonchev–Trinajstić information content (AvgIpc) is 3.13. The maximum absolute atomic E-state index is 12.5. The highest BCUT2D eigenvalue weighted by molar-refractivity contribution is 5.80. The number of rotatable bonds is 40. The number of allylic oxidation sites excluding steroid dienone is 5. The van der Waals surface area contributed by atoms with Crippen LogP contribution in [0.5, 0.6) is 0 Å². The van der Waals surface area contributed by atoms with Crippen LogP contribution in [0, 0.1) is 0 Å². The minimum Gasteiger partial charge on any atom is -0.394 e. The van der Waals surface area contributed by atoms with Crippen molar-refractivity contribution in [3.63, 3.8) is 0 Å². The van der Waals surface area contributed by atoms with Crippen LogP contribution in [0.15, 0.2) is 36.5 Å². The molecule has 0 aromatic rings. The normalized spacial score (nSPS) is 13.9. The Morgan fingerprint density at radius 3 is 1.27 bits per heavy atom. The summed E-state index contributed by atoms with van der Waals surface area (Å²) in [5, 5.41) is 33.1. The molecule has 0 aliphatic rings. The molecule has 0 aromatic heterocycles. The molecule has 0 fully saturated rings. The summed E-state index contributed by atoms with van der Waals surface area (Å²) in [5.41, 5.74) is 0. The smallest absolute Gasteiger partial charge is 0.249 e. The molecule has 5 nitrogen and oxygen atoms in total. The van der Waals surface area contributed by atoms with Crippen LogP contribution in [-0.2, 0) is 4.79 Å². The van der Waals surface area contributed by atoms with E-state index in [0.29, 0.717) is 6.42 Å². The van der Waals surface area contributed by atoms with Crippen LogP contribution in [0.4, 0.5) is 0 Å². The van der Waals surface area contributed by atoms with Crippen molar-refractivity contribution in [2.24, 2.45) is 0 Å². The molecule has 0 saturated heterocycles. The topological polar surface area (TPSA) is 89.8 Å². The predicted octanol–water partition coefficient (Wildman–Crippen LogP) is 12.8. The van der Waals surface area contributed by atoms with Crippen LogP contribution in [0.1, 0.15) is 226 Å². The summed E-state index contributed by atoms with van der Waals surface area (Å²) in [7, 11) is 0. The number of hydrogen-bond donors (Lipinski definition) is 4. The van der Waals surface area contributed by atoms with Gasteiger partial charge in [-0.05, 0) is 51.4 Å². The largest absolute Gasteiger partial charge is 0.394 e. The first-order valence-corrected chi connectivity index (χ1v) is 22.3. The van der Waals surface area contributed by atoms with Crippen molar-refractivity contribution >= 4 is 5.91 Å². The minimum atomic E-state index is -1.11. The number of unbranched alkanes of at least 4 members (excludes halogenated alkanes) is 28. The van der Waals surface area contributed by atoms with E-state index in [1.807, 2.05) is 6.08 Å². The van der Waals surface area contributed by atoms with Crippen LogP contribution in [-0.4, -0.2) is 46.1 Å². The van der Waals surface area contributed by atoms with E-state index in [0.717, 1.165) is 44.9 Å². The van der Waals surface area contributed by atoms with E-state index in [1.54, 1.807) is 6.08 Å². The second-order valence-corrected chi connectivity index (χ2v) is 15.3. The second kappa shape index (κ2) is 41.3. The summed E-state index contributed by atoms with van der Waals surface area (Å²) in [6.45, 7) is 4.16. The lowest BCUT2D eigenvalue weighted by Crippen LogP contribution is -2.48. The van der Waals surface area contributed by atoms with E-state index in [2.05, 4.69) is 43.5 Å². The van der Waals surface area contributed by atoms with Crippen molar-refractivity contribution in [2.75, 3.05) is 6.61 Å². The fraction of sp³-hybridized carbons (Fsp3) is 0.848. The molecular weight excluding hydrogens is 631 g/mol. The molecule has 51 heavy (non-hydrogen) atoms. The number of aliphatic hydroxyl groups is 3. The Hall–Kier alpha value is -1.43. The third-order valence-corrected chi connectivity index (χ3v) is 10.2. The number of carbonyl (C=O) groups excluding carboxylic acids is 1. The molecule has 4 N–H and O–H groups in total. The van der Waals surface area contributed by atoms with Gasteiger partial charge in [-0.3, -0.25) is 4.79 Å². The Bertz CT molecular complexity index is 794. The first kappa shape index (κ1) is 49.6. The summed E-state index contributed by atoms with van der Waals surface area (Å²) in [6.07, 6.45) is 51.7. The van der Waals surface area contributed by atoms with Crippen LogP contribution in [0.2, 0.25) is 0 Å². The summed E-state index contributed by atoms with van der Waals surface area (Å²) in [6, 6.07) is -0.802. The Kier molecular flexibility index (Phi) is 40.2. The van der Waals surface area contributed by atoms with Crippen molar-refractivity contribution in [1.82, 2.24) is 5.32 Å². The van der Waals surface area contributed by atoms with Gasteiger partial charge in [0.05, 0.1) is 18.8 Å². The first-order chi connectivity index (χ1) is 25.1. The van der Waals surface area contributed by atoms with E-state index in [1.165, 1.54) is 161 Å². The Morgan fingerprint density at radius 1 is 0.490 bits per heavy atom. The number of carbonyl (C=O) groups is 1. The monoisotopic (exact) mass is 718 g/mol. The van der Waals surface area contributed by atoms with Gasteiger partial charge in [0.1, 0.15) is 6.10 Å². The fourth-order valence-electron chi connectivity index (χ4n) is 6.69. The molecule has 0 aliphatic heterocycles. The molecule has 0 saturated carbocycles. The summed E-state index contributed by atoms with van der Waals surface area (Å²) in [5.74, 6) is -0.511. The maximum Gasteiger partial charge on any atom is 0.249 e. The molecule has 0 aromatic carbocycles. The van der Waals surface area contributed by atoms with Gasteiger partial charge in [0.2, 0.25) is 5.91 Å². The zero-order chi connectivity index (χ0) is 37.3. The third-order valence-electron chi connectivity index (χ3n) is 10.2. The van der Waals surface area contributed by atoms with Crippen molar-refractivity contribution in [3.8, 4) is 0 Å². The quantitative estimate of drug-likeness (QED) is 0.0375. The summed E-state index contributed by atoms with van der Waals surface area (Å²) in [4.78, 5) is 12.5. The van der Waals surface area contributed by atoms with Crippen LogP contribution >= 0.6 is 0 Å². The Labute approximate surface area is 317 Å². The van der Waals surface area contributed by atoms with Crippen molar-refractivity contribution in [3.05, 3.63) is 36.5 Å². The average molecular weight is 718 g/mol. The molecule has 0 aliphatic carbocycles. The minimum absolute atomic E-state index is 0.367. The third kappa shape index (κ3) is 36.7. The van der Waals surface area contributed by atoms with E-state index in [-0.39, 0.29) is 6.61 Å². The highest BCUT2D eigenvalue weighted by Gasteiger charge is 2.22. The number of amides is 1. The van der Waals surface area contributed by atoms with Crippen LogP contribution in [0.3, 0.4) is 0 Å². The molecule has 300 valence electrons. The van der Waals surface area contributed by atoms with Gasteiger partial charge in [-0.15, -0.1) is 0 Å². The van der Waals surface area contributed by atoms with Gasteiger partial charge in [-0.1, -0.05) is 211 Å². The molecule has 3 unspecified atom stereocenters. The van der Waals surface area contributed by atoms with E-state index < -0.39 is 24.2 Å². The number of nitrogens with one attached hydrogen (secondary N) is 1. The second-order valence-electron chi connectivity index (χ2n) is 15.3. The first-order valence-electron chi connectivity index (χ1n) is 22.3. The van der Waals surface area contributed by atoms with Gasteiger partial charge in [0.15, 0.2) is 0 Å². The van der Waals surface area contributed by atoms with E-state index in [4.69, 9.17) is 0 Å². The van der Waals surface area contributed by atoms with Crippen molar-refractivity contribution in [1.29, 1.82) is 0 Å². The molecule has 3 atom stereocenters. The molecule has 0 rings (SSSR count). The van der Waals surface area contributed by atoms with Gasteiger partial charge in [-0.25, -0.2) is 0 Å². The van der Waals surface area contributed by atoms with Crippen LogP contribution in [0.25, 0.3) is 0 Å². The highest BCUT2D eigenvalue weighted by atomic mass is 16.3. The van der Waals surface area contributed by atoms with Gasteiger partial charge in [0.25, 0.3) is 0 Å². The molecule has 0 heterocycles. The summed E-state index contributed by atoms with van der Waals surface area (Å²) < 4.78 is 0. The van der Waals surface area contributed by atoms with Gasteiger partial charge in [-0.2, -0.15) is 0 Å². The number of hydrogen-bond acceptors (Lipinski definition) is 4. The standard InChI is InChI=1S/C46H87NO4/c1-3-5-7-9-11-13-15-17-19-21-22-23-24-25-27-28-30-32-34-36-38-40-44(49)43(42-48)47-46(51)45(50)41-39-37-35-33-31-29-26-20-18-16-14-12-10-8-6-4-2/h12,14,18,20,38,40,43-45,48-50H,3-11,13,15-17,19,21-37,39,41-42H2,1-2H3,(H,47,51)/b14-12-,20-18-,40-38+. The fourth-order valence-corrected chi connectivity index (χ4v) is 6.69. The molecular formula is C46H87NO4. The van der Waals surface area contributed by atoms with Crippen molar-refractivity contribution in [2.45, 2.75) is 244 Å². The molecule has 1 amide bonds. The molecule has 0 spiro atoms. The van der Waals surface area contributed by atoms with E-state index in [9.17, 15) is 20.1 Å². The lowest BCUT2D eigenvalue weighted by Gasteiger charge is -2.21. The molecule has 0 bridgehead atoms. The zero-order valence-electron chi connectivity index (χ0n) is 34.0. The molecule has 0 radical (unpaired) electrons.